The summed E-state index contributed by atoms with van der Waals surface area (Å²) in [6.45, 7) is 3.23. The van der Waals surface area contributed by atoms with Crippen LogP contribution < -0.4 is 10.5 Å². The van der Waals surface area contributed by atoms with Gasteiger partial charge in [-0.15, -0.1) is 0 Å². The maximum absolute atomic E-state index is 11.5. The minimum absolute atomic E-state index is 0.122. The second kappa shape index (κ2) is 7.91. The van der Waals surface area contributed by atoms with Gasteiger partial charge in [0.15, 0.2) is 5.78 Å². The summed E-state index contributed by atoms with van der Waals surface area (Å²) in [5.74, 6) is -0.391. The summed E-state index contributed by atoms with van der Waals surface area (Å²) < 4.78 is 10.6. The number of nitrogens with two attached hydrogens (primary N) is 1. The monoisotopic (exact) mass is 329 g/mol. The van der Waals surface area contributed by atoms with Crippen molar-refractivity contribution in [2.24, 2.45) is 5.73 Å². The van der Waals surface area contributed by atoms with Gasteiger partial charge in [-0.2, -0.15) is 0 Å². The minimum Gasteiger partial charge on any atom is -0.490 e. The molecule has 1 aromatic carbocycles. The van der Waals surface area contributed by atoms with Crippen molar-refractivity contribution in [2.45, 2.75) is 6.92 Å². The van der Waals surface area contributed by atoms with E-state index in [9.17, 15) is 9.59 Å². The number of primary amides is 1. The summed E-state index contributed by atoms with van der Waals surface area (Å²) in [5.41, 5.74) is 5.90. The Balaban J connectivity index is 2.86. The molecular weight excluding hydrogens is 314 g/mol. The SMILES string of the molecule is CCOCCOc1ccc(C(=O)CBr)cc1C(N)=O. The molecule has 0 atom stereocenters. The largest absolute Gasteiger partial charge is 0.490 e. The molecule has 0 aliphatic heterocycles. The molecule has 0 heterocycles. The van der Waals surface area contributed by atoms with Crippen molar-refractivity contribution < 1.29 is 19.1 Å². The van der Waals surface area contributed by atoms with E-state index in [0.717, 1.165) is 0 Å². The van der Waals surface area contributed by atoms with Crippen LogP contribution in [0.25, 0.3) is 0 Å². The van der Waals surface area contributed by atoms with Crippen LogP contribution >= 0.6 is 15.9 Å². The first-order valence-electron chi connectivity index (χ1n) is 5.83. The van der Waals surface area contributed by atoms with Crippen LogP contribution in [-0.2, 0) is 4.74 Å². The van der Waals surface area contributed by atoms with Gasteiger partial charge in [-0.25, -0.2) is 0 Å². The molecule has 0 aliphatic rings. The molecule has 6 heteroatoms. The number of ketones is 1. The molecule has 0 radical (unpaired) electrons. The van der Waals surface area contributed by atoms with Gasteiger partial charge in [0, 0.05) is 12.2 Å². The lowest BCUT2D eigenvalue weighted by molar-refractivity contribution is 0.0979. The van der Waals surface area contributed by atoms with Crippen molar-refractivity contribution in [3.05, 3.63) is 29.3 Å². The lowest BCUT2D eigenvalue weighted by Gasteiger charge is -2.10. The van der Waals surface area contributed by atoms with E-state index in [4.69, 9.17) is 15.2 Å². The number of alkyl halides is 1. The number of hydrogen-bond donors (Lipinski definition) is 1. The van der Waals surface area contributed by atoms with Crippen molar-refractivity contribution in [2.75, 3.05) is 25.2 Å². The number of benzene rings is 1. The second-order valence-corrected chi connectivity index (χ2v) is 4.24. The maximum Gasteiger partial charge on any atom is 0.252 e. The van der Waals surface area contributed by atoms with Crippen LogP contribution in [0.5, 0.6) is 5.75 Å². The number of Topliss-reactive ketones (excluding diaryl/α,β-unsaturated/α-hetero) is 1. The zero-order chi connectivity index (χ0) is 14.3. The molecule has 1 rings (SSSR count). The van der Waals surface area contributed by atoms with Gasteiger partial charge < -0.3 is 15.2 Å². The van der Waals surface area contributed by atoms with E-state index in [1.165, 1.54) is 6.07 Å². The third kappa shape index (κ3) is 4.65. The Morgan fingerprint density at radius 3 is 2.63 bits per heavy atom. The number of amides is 1. The zero-order valence-corrected chi connectivity index (χ0v) is 12.2. The smallest absolute Gasteiger partial charge is 0.252 e. The average molecular weight is 330 g/mol. The number of carbonyl (C=O) groups excluding carboxylic acids is 2. The van der Waals surface area contributed by atoms with E-state index in [0.29, 0.717) is 31.1 Å². The van der Waals surface area contributed by atoms with Crippen LogP contribution in [0, 0.1) is 0 Å². The molecule has 0 bridgehead atoms. The van der Waals surface area contributed by atoms with Gasteiger partial charge in [-0.3, -0.25) is 9.59 Å². The molecule has 0 fully saturated rings. The highest BCUT2D eigenvalue weighted by Gasteiger charge is 2.13. The van der Waals surface area contributed by atoms with Gasteiger partial charge in [0.2, 0.25) is 0 Å². The molecule has 1 amide bonds. The van der Waals surface area contributed by atoms with Crippen LogP contribution in [0.4, 0.5) is 0 Å². The summed E-state index contributed by atoms with van der Waals surface area (Å²) in [6, 6.07) is 4.62. The van der Waals surface area contributed by atoms with Crippen LogP contribution in [0.1, 0.15) is 27.6 Å². The molecule has 1 aromatic rings. The Kier molecular flexibility index (Phi) is 6.52. The van der Waals surface area contributed by atoms with Gasteiger partial charge >= 0.3 is 0 Å². The summed E-state index contributed by atoms with van der Waals surface area (Å²) in [6.07, 6.45) is 0. The standard InChI is InChI=1S/C13H16BrNO4/c1-2-18-5-6-19-12-4-3-9(11(16)8-14)7-10(12)13(15)17/h3-4,7H,2,5-6,8H2,1H3,(H2,15,17). The first-order valence-corrected chi connectivity index (χ1v) is 6.95. The molecule has 0 spiro atoms. The van der Waals surface area contributed by atoms with E-state index in [1.807, 2.05) is 6.92 Å². The molecule has 104 valence electrons. The molecule has 0 aromatic heterocycles. The van der Waals surface area contributed by atoms with Crippen LogP contribution in [0.15, 0.2) is 18.2 Å². The van der Waals surface area contributed by atoms with Gasteiger partial charge in [-0.05, 0) is 25.1 Å². The molecule has 0 unspecified atom stereocenters. The molecule has 0 aliphatic carbocycles. The topological polar surface area (TPSA) is 78.6 Å². The predicted octanol–water partition coefficient (Wildman–Crippen LogP) is 1.78. The predicted molar refractivity (Wildman–Crippen MR) is 75.1 cm³/mol. The van der Waals surface area contributed by atoms with E-state index < -0.39 is 5.91 Å². The second-order valence-electron chi connectivity index (χ2n) is 3.68. The number of halogens is 1. The quantitative estimate of drug-likeness (QED) is 0.448. The van der Waals surface area contributed by atoms with E-state index in [-0.39, 0.29) is 16.7 Å². The minimum atomic E-state index is -0.629. The highest BCUT2D eigenvalue weighted by Crippen LogP contribution is 2.20. The van der Waals surface area contributed by atoms with Crippen molar-refractivity contribution in [1.82, 2.24) is 0 Å². The first kappa shape index (κ1) is 15.7. The number of rotatable bonds is 8. The third-order valence-electron chi connectivity index (χ3n) is 2.38. The van der Waals surface area contributed by atoms with Crippen molar-refractivity contribution >= 4 is 27.6 Å². The molecule has 0 saturated heterocycles. The molecule has 19 heavy (non-hydrogen) atoms. The number of hydrogen-bond acceptors (Lipinski definition) is 4. The normalized spacial score (nSPS) is 10.2. The Hall–Kier alpha value is -1.40. The van der Waals surface area contributed by atoms with Gasteiger partial charge in [-0.1, -0.05) is 15.9 Å². The average Bonchev–Trinajstić information content (AvgIpc) is 2.42. The van der Waals surface area contributed by atoms with E-state index >= 15 is 0 Å². The van der Waals surface area contributed by atoms with Crippen LogP contribution in [0.2, 0.25) is 0 Å². The molecular formula is C13H16BrNO4. The number of ether oxygens (including phenoxy) is 2. The van der Waals surface area contributed by atoms with Crippen molar-refractivity contribution in [3.8, 4) is 5.75 Å². The fraction of sp³-hybridized carbons (Fsp3) is 0.385. The van der Waals surface area contributed by atoms with Crippen molar-refractivity contribution in [1.29, 1.82) is 0 Å². The van der Waals surface area contributed by atoms with Crippen molar-refractivity contribution in [3.63, 3.8) is 0 Å². The molecule has 0 saturated carbocycles. The van der Waals surface area contributed by atoms with E-state index in [2.05, 4.69) is 15.9 Å². The summed E-state index contributed by atoms with van der Waals surface area (Å²) in [5, 5.41) is 0.190. The fourth-order valence-corrected chi connectivity index (χ4v) is 1.78. The summed E-state index contributed by atoms with van der Waals surface area (Å²) >= 11 is 3.08. The lowest BCUT2D eigenvalue weighted by atomic mass is 10.1. The highest BCUT2D eigenvalue weighted by atomic mass is 79.9. The van der Waals surface area contributed by atoms with Gasteiger partial charge in [0.05, 0.1) is 17.5 Å². The van der Waals surface area contributed by atoms with E-state index in [1.54, 1.807) is 12.1 Å². The summed E-state index contributed by atoms with van der Waals surface area (Å²) in [7, 11) is 0. The fourth-order valence-electron chi connectivity index (χ4n) is 1.45. The maximum atomic E-state index is 11.5. The van der Waals surface area contributed by atoms with Gasteiger partial charge in [0.1, 0.15) is 12.4 Å². The Morgan fingerprint density at radius 2 is 2.05 bits per heavy atom. The Bertz CT molecular complexity index is 462. The summed E-state index contributed by atoms with van der Waals surface area (Å²) in [4.78, 5) is 22.9. The van der Waals surface area contributed by atoms with Crippen LogP contribution in [0.3, 0.4) is 0 Å². The van der Waals surface area contributed by atoms with Gasteiger partial charge in [0.25, 0.3) is 5.91 Å². The lowest BCUT2D eigenvalue weighted by Crippen LogP contribution is -2.16. The number of carbonyl (C=O) groups is 2. The first-order chi connectivity index (χ1) is 9.10. The zero-order valence-electron chi connectivity index (χ0n) is 10.6. The Morgan fingerprint density at radius 1 is 1.32 bits per heavy atom. The highest BCUT2D eigenvalue weighted by molar-refractivity contribution is 9.09. The third-order valence-corrected chi connectivity index (χ3v) is 2.89. The molecule has 5 nitrogen and oxygen atoms in total. The van der Waals surface area contributed by atoms with Crippen LogP contribution in [-0.4, -0.2) is 36.8 Å². The Labute approximate surface area is 120 Å². The molecule has 2 N–H and O–H groups in total.